The summed E-state index contributed by atoms with van der Waals surface area (Å²) in [6, 6.07) is -0.147. The zero-order valence-corrected chi connectivity index (χ0v) is 11.3. The molecule has 0 heterocycles. The van der Waals surface area contributed by atoms with Gasteiger partial charge in [-0.05, 0) is 19.3 Å². The van der Waals surface area contributed by atoms with E-state index in [0.717, 1.165) is 0 Å². The number of carbonyl (C=O) groups is 2. The van der Waals surface area contributed by atoms with Gasteiger partial charge in [0.1, 0.15) is 5.78 Å². The molecular weight excluding hydrogens is 258 g/mol. The molecule has 0 aromatic heterocycles. The van der Waals surface area contributed by atoms with Crippen LogP contribution in [0.5, 0.6) is 0 Å². The van der Waals surface area contributed by atoms with E-state index in [1.54, 1.807) is 0 Å². The fraction of sp³-hybridized carbons (Fsp3) is 0.818. The SMILES string of the molecule is COC(=O)CCCS(=O)(=O)NC1CCC(=O)CC1. The number of rotatable bonds is 6. The Morgan fingerprint density at radius 3 is 2.56 bits per heavy atom. The van der Waals surface area contributed by atoms with E-state index in [9.17, 15) is 18.0 Å². The number of esters is 1. The second-order valence-electron chi connectivity index (χ2n) is 4.43. The van der Waals surface area contributed by atoms with Crippen LogP contribution >= 0.6 is 0 Å². The van der Waals surface area contributed by atoms with Crippen LogP contribution < -0.4 is 4.72 Å². The molecule has 1 rings (SSSR count). The third-order valence-corrected chi connectivity index (χ3v) is 4.43. The molecule has 0 atom stereocenters. The Kier molecular flexibility index (Phi) is 5.74. The van der Waals surface area contributed by atoms with Gasteiger partial charge in [-0.15, -0.1) is 0 Å². The van der Waals surface area contributed by atoms with Gasteiger partial charge in [0, 0.05) is 25.3 Å². The van der Waals surface area contributed by atoms with Crippen LogP contribution in [0, 0.1) is 0 Å². The lowest BCUT2D eigenvalue weighted by Crippen LogP contribution is -2.39. The monoisotopic (exact) mass is 277 g/mol. The van der Waals surface area contributed by atoms with Gasteiger partial charge in [0.15, 0.2) is 0 Å². The number of methoxy groups -OCH3 is 1. The molecule has 1 N–H and O–H groups in total. The molecule has 0 saturated heterocycles. The molecule has 1 saturated carbocycles. The van der Waals surface area contributed by atoms with Crippen LogP contribution in [0.4, 0.5) is 0 Å². The maximum Gasteiger partial charge on any atom is 0.305 e. The van der Waals surface area contributed by atoms with E-state index in [0.29, 0.717) is 25.7 Å². The first-order valence-electron chi connectivity index (χ1n) is 6.01. The van der Waals surface area contributed by atoms with Gasteiger partial charge in [0.25, 0.3) is 0 Å². The first-order chi connectivity index (χ1) is 8.43. The Labute approximate surface area is 107 Å². The Hall–Kier alpha value is -0.950. The predicted molar refractivity (Wildman–Crippen MR) is 65.4 cm³/mol. The van der Waals surface area contributed by atoms with E-state index in [-0.39, 0.29) is 30.4 Å². The van der Waals surface area contributed by atoms with Crippen molar-refractivity contribution in [3.8, 4) is 0 Å². The quantitative estimate of drug-likeness (QED) is 0.708. The first kappa shape index (κ1) is 15.1. The zero-order valence-electron chi connectivity index (χ0n) is 10.5. The Morgan fingerprint density at radius 1 is 1.39 bits per heavy atom. The summed E-state index contributed by atoms with van der Waals surface area (Å²) in [6.07, 6.45) is 2.35. The summed E-state index contributed by atoms with van der Waals surface area (Å²) in [4.78, 5) is 21.9. The van der Waals surface area contributed by atoms with Gasteiger partial charge in [-0.25, -0.2) is 13.1 Å². The van der Waals surface area contributed by atoms with Crippen LogP contribution in [0.15, 0.2) is 0 Å². The highest BCUT2D eigenvalue weighted by Crippen LogP contribution is 2.15. The van der Waals surface area contributed by atoms with Crippen LogP contribution in [-0.2, 0) is 24.3 Å². The van der Waals surface area contributed by atoms with Crippen molar-refractivity contribution in [3.63, 3.8) is 0 Å². The smallest absolute Gasteiger partial charge is 0.305 e. The van der Waals surface area contributed by atoms with Gasteiger partial charge in [-0.2, -0.15) is 0 Å². The summed E-state index contributed by atoms with van der Waals surface area (Å²) in [7, 11) is -2.10. The van der Waals surface area contributed by atoms with Crippen molar-refractivity contribution in [2.45, 2.75) is 44.6 Å². The molecule has 1 aliphatic carbocycles. The molecule has 0 radical (unpaired) electrons. The third-order valence-electron chi connectivity index (χ3n) is 2.91. The van der Waals surface area contributed by atoms with Gasteiger partial charge in [-0.1, -0.05) is 0 Å². The minimum atomic E-state index is -3.37. The summed E-state index contributed by atoms with van der Waals surface area (Å²) in [5, 5.41) is 0. The fourth-order valence-corrected chi connectivity index (χ4v) is 3.26. The summed E-state index contributed by atoms with van der Waals surface area (Å²) in [6.45, 7) is 0. The lowest BCUT2D eigenvalue weighted by Gasteiger charge is -2.21. The summed E-state index contributed by atoms with van der Waals surface area (Å²) in [5.74, 6) is -0.309. The number of carbonyl (C=O) groups excluding carboxylic acids is 2. The molecule has 0 unspecified atom stereocenters. The van der Waals surface area contributed by atoms with Gasteiger partial charge < -0.3 is 4.74 Å². The van der Waals surface area contributed by atoms with Crippen LogP contribution in [0.2, 0.25) is 0 Å². The van der Waals surface area contributed by atoms with Crippen molar-refractivity contribution in [3.05, 3.63) is 0 Å². The van der Waals surface area contributed by atoms with E-state index < -0.39 is 16.0 Å². The highest BCUT2D eigenvalue weighted by atomic mass is 32.2. The highest BCUT2D eigenvalue weighted by Gasteiger charge is 2.23. The molecule has 0 aromatic carbocycles. The lowest BCUT2D eigenvalue weighted by atomic mass is 9.95. The van der Waals surface area contributed by atoms with E-state index in [1.165, 1.54) is 7.11 Å². The van der Waals surface area contributed by atoms with Crippen LogP contribution in [0.1, 0.15) is 38.5 Å². The largest absolute Gasteiger partial charge is 0.469 e. The molecule has 0 bridgehead atoms. The topological polar surface area (TPSA) is 89.5 Å². The fourth-order valence-electron chi connectivity index (χ4n) is 1.88. The van der Waals surface area contributed by atoms with Crippen molar-refractivity contribution >= 4 is 21.8 Å². The maximum absolute atomic E-state index is 11.7. The van der Waals surface area contributed by atoms with E-state index in [2.05, 4.69) is 9.46 Å². The number of hydrogen-bond acceptors (Lipinski definition) is 5. The lowest BCUT2D eigenvalue weighted by molar-refractivity contribution is -0.140. The van der Waals surface area contributed by atoms with Crippen molar-refractivity contribution in [1.29, 1.82) is 0 Å². The van der Waals surface area contributed by atoms with Gasteiger partial charge in [-0.3, -0.25) is 9.59 Å². The Morgan fingerprint density at radius 2 is 2.00 bits per heavy atom. The van der Waals surface area contributed by atoms with Crippen molar-refractivity contribution in [1.82, 2.24) is 4.72 Å². The molecule has 0 spiro atoms. The molecule has 1 fully saturated rings. The third kappa shape index (κ3) is 5.59. The van der Waals surface area contributed by atoms with Crippen molar-refractivity contribution < 1.29 is 22.7 Å². The van der Waals surface area contributed by atoms with Gasteiger partial charge in [0.2, 0.25) is 10.0 Å². The Balaban J connectivity index is 2.31. The minimum Gasteiger partial charge on any atom is -0.469 e. The van der Waals surface area contributed by atoms with E-state index in [1.807, 2.05) is 0 Å². The normalized spacial score (nSPS) is 17.7. The van der Waals surface area contributed by atoms with Crippen LogP contribution in [-0.4, -0.2) is 39.1 Å². The maximum atomic E-state index is 11.7. The standard InChI is InChI=1S/C11H19NO5S/c1-17-11(14)3-2-8-18(15,16)12-9-4-6-10(13)7-5-9/h9,12H,2-8H2,1H3. The predicted octanol–water partition coefficient (Wildman–Crippen LogP) is 0.371. The summed E-state index contributed by atoms with van der Waals surface area (Å²) < 4.78 is 30.4. The van der Waals surface area contributed by atoms with Gasteiger partial charge in [0.05, 0.1) is 12.9 Å². The highest BCUT2D eigenvalue weighted by molar-refractivity contribution is 7.89. The number of sulfonamides is 1. The van der Waals surface area contributed by atoms with Crippen molar-refractivity contribution in [2.24, 2.45) is 0 Å². The molecule has 18 heavy (non-hydrogen) atoms. The molecule has 0 aliphatic heterocycles. The average Bonchev–Trinajstić information content (AvgIpc) is 2.31. The molecule has 104 valence electrons. The minimum absolute atomic E-state index is 0.0907. The molecular formula is C11H19NO5S. The average molecular weight is 277 g/mol. The van der Waals surface area contributed by atoms with Crippen molar-refractivity contribution in [2.75, 3.05) is 12.9 Å². The van der Waals surface area contributed by atoms with Crippen LogP contribution in [0.25, 0.3) is 0 Å². The number of nitrogens with one attached hydrogen (secondary N) is 1. The molecule has 0 aromatic rings. The molecule has 7 heteroatoms. The zero-order chi connectivity index (χ0) is 13.6. The van der Waals surface area contributed by atoms with E-state index in [4.69, 9.17) is 0 Å². The number of hydrogen-bond donors (Lipinski definition) is 1. The molecule has 6 nitrogen and oxygen atoms in total. The second-order valence-corrected chi connectivity index (χ2v) is 6.30. The molecule has 0 amide bonds. The number of Topliss-reactive ketones (excluding diaryl/α,β-unsaturated/α-hetero) is 1. The van der Waals surface area contributed by atoms with Gasteiger partial charge >= 0.3 is 5.97 Å². The first-order valence-corrected chi connectivity index (χ1v) is 7.66. The summed E-state index contributed by atoms with van der Waals surface area (Å²) in [5.41, 5.74) is 0. The Bertz CT molecular complexity index is 394. The number of ether oxygens (including phenoxy) is 1. The molecule has 1 aliphatic rings. The van der Waals surface area contributed by atoms with E-state index >= 15 is 0 Å². The summed E-state index contributed by atoms with van der Waals surface area (Å²) >= 11 is 0. The van der Waals surface area contributed by atoms with Crippen LogP contribution in [0.3, 0.4) is 0 Å². The second kappa shape index (κ2) is 6.84. The number of ketones is 1.